The van der Waals surface area contributed by atoms with Crippen LogP contribution in [0, 0.1) is 0 Å². The van der Waals surface area contributed by atoms with Crippen LogP contribution in [0.25, 0.3) is 0 Å². The summed E-state index contributed by atoms with van der Waals surface area (Å²) in [5, 5.41) is 10.2. The SMILES string of the molecule is COc1ccc(S(=O)(=O)N2CCN(C3CS(=O)(=O)CC3O)CC2)cc1Cl. The van der Waals surface area contributed by atoms with Crippen LogP contribution in [-0.4, -0.2) is 88.1 Å². The molecule has 2 aliphatic heterocycles. The van der Waals surface area contributed by atoms with Crippen LogP contribution in [-0.2, 0) is 19.9 Å². The van der Waals surface area contributed by atoms with Gasteiger partial charge in [0, 0.05) is 26.2 Å². The highest BCUT2D eigenvalue weighted by Crippen LogP contribution is 2.29. The molecule has 1 aromatic carbocycles. The lowest BCUT2D eigenvalue weighted by Gasteiger charge is -2.37. The lowest BCUT2D eigenvalue weighted by molar-refractivity contribution is 0.0618. The smallest absolute Gasteiger partial charge is 0.243 e. The number of rotatable bonds is 4. The molecule has 2 saturated heterocycles. The van der Waals surface area contributed by atoms with Crippen LogP contribution in [0.5, 0.6) is 5.75 Å². The van der Waals surface area contributed by atoms with E-state index in [1.165, 1.54) is 29.6 Å². The Balaban J connectivity index is 1.70. The fraction of sp³-hybridized carbons (Fsp3) is 0.600. The number of ether oxygens (including phenoxy) is 1. The van der Waals surface area contributed by atoms with E-state index < -0.39 is 32.0 Å². The fourth-order valence-electron chi connectivity index (χ4n) is 3.39. The molecule has 0 amide bonds. The Morgan fingerprint density at radius 1 is 1.19 bits per heavy atom. The number of nitrogens with zero attached hydrogens (tertiary/aromatic N) is 2. The Bertz CT molecular complexity index is 881. The van der Waals surface area contributed by atoms with Gasteiger partial charge in [-0.2, -0.15) is 4.31 Å². The zero-order valence-electron chi connectivity index (χ0n) is 14.2. The minimum Gasteiger partial charge on any atom is -0.495 e. The van der Waals surface area contributed by atoms with Crippen LogP contribution in [0.1, 0.15) is 0 Å². The first-order valence-corrected chi connectivity index (χ1v) is 11.7. The predicted molar refractivity (Wildman–Crippen MR) is 96.8 cm³/mol. The second-order valence-corrected chi connectivity index (χ2v) is 10.9. The maximum absolute atomic E-state index is 12.8. The molecule has 146 valence electrons. The lowest BCUT2D eigenvalue weighted by Crippen LogP contribution is -2.54. The van der Waals surface area contributed by atoms with Gasteiger partial charge in [-0.05, 0) is 18.2 Å². The van der Waals surface area contributed by atoms with E-state index in [0.717, 1.165) is 0 Å². The number of aliphatic hydroxyl groups excluding tert-OH is 1. The van der Waals surface area contributed by atoms with E-state index in [0.29, 0.717) is 18.8 Å². The molecule has 0 radical (unpaired) electrons. The van der Waals surface area contributed by atoms with E-state index in [2.05, 4.69) is 0 Å². The second kappa shape index (κ2) is 7.25. The summed E-state index contributed by atoms with van der Waals surface area (Å²) in [4.78, 5) is 1.93. The molecular weight excluding hydrogens is 404 g/mol. The van der Waals surface area contributed by atoms with Gasteiger partial charge in [0.1, 0.15) is 5.75 Å². The van der Waals surface area contributed by atoms with Crippen molar-refractivity contribution in [3.05, 3.63) is 23.2 Å². The Hall–Kier alpha value is -0.910. The molecule has 2 unspecified atom stereocenters. The summed E-state index contributed by atoms with van der Waals surface area (Å²) in [5.74, 6) is 0.0714. The summed E-state index contributed by atoms with van der Waals surface area (Å²) < 4.78 is 55.3. The van der Waals surface area contributed by atoms with Crippen LogP contribution in [0.4, 0.5) is 0 Å². The number of methoxy groups -OCH3 is 1. The van der Waals surface area contributed by atoms with E-state index in [9.17, 15) is 21.9 Å². The third-order valence-corrected chi connectivity index (χ3v) is 8.69. The van der Waals surface area contributed by atoms with Gasteiger partial charge in [0.25, 0.3) is 0 Å². The largest absolute Gasteiger partial charge is 0.495 e. The number of benzene rings is 1. The molecule has 0 aliphatic carbocycles. The Morgan fingerprint density at radius 2 is 1.85 bits per heavy atom. The number of sulfonamides is 1. The quantitative estimate of drug-likeness (QED) is 0.714. The van der Waals surface area contributed by atoms with Crippen molar-refractivity contribution in [3.8, 4) is 5.75 Å². The van der Waals surface area contributed by atoms with Crippen LogP contribution < -0.4 is 4.74 Å². The molecule has 0 bridgehead atoms. The van der Waals surface area contributed by atoms with Gasteiger partial charge in [0.15, 0.2) is 9.84 Å². The second-order valence-electron chi connectivity index (χ2n) is 6.45. The van der Waals surface area contributed by atoms with E-state index in [1.54, 1.807) is 0 Å². The molecule has 2 fully saturated rings. The van der Waals surface area contributed by atoms with Gasteiger partial charge < -0.3 is 9.84 Å². The molecule has 0 aromatic heterocycles. The average molecular weight is 425 g/mol. The molecule has 2 aliphatic rings. The summed E-state index contributed by atoms with van der Waals surface area (Å²) in [7, 11) is -5.50. The number of aliphatic hydroxyl groups is 1. The first-order chi connectivity index (χ1) is 12.1. The Labute approximate surface area is 158 Å². The summed E-state index contributed by atoms with van der Waals surface area (Å²) in [6.45, 7) is 1.16. The normalized spacial score (nSPS) is 27.5. The fourth-order valence-corrected chi connectivity index (χ4v) is 6.99. The zero-order valence-corrected chi connectivity index (χ0v) is 16.6. The summed E-state index contributed by atoms with van der Waals surface area (Å²) in [6.07, 6.45) is -0.927. The van der Waals surface area contributed by atoms with E-state index in [4.69, 9.17) is 16.3 Å². The molecular formula is C15H21ClN2O6S2. The van der Waals surface area contributed by atoms with Gasteiger partial charge in [-0.15, -0.1) is 0 Å². The predicted octanol–water partition coefficient (Wildman–Crippen LogP) is -0.187. The van der Waals surface area contributed by atoms with Gasteiger partial charge in [0.2, 0.25) is 10.0 Å². The van der Waals surface area contributed by atoms with Crippen molar-refractivity contribution >= 4 is 31.5 Å². The zero-order chi connectivity index (χ0) is 19.1. The topological polar surface area (TPSA) is 104 Å². The maximum Gasteiger partial charge on any atom is 0.243 e. The number of hydrogen-bond acceptors (Lipinski definition) is 7. The number of sulfone groups is 1. The van der Waals surface area contributed by atoms with Crippen molar-refractivity contribution < 1.29 is 26.7 Å². The maximum atomic E-state index is 12.8. The summed E-state index contributed by atoms with van der Waals surface area (Å²) in [5.41, 5.74) is 0. The summed E-state index contributed by atoms with van der Waals surface area (Å²) in [6, 6.07) is 3.83. The molecule has 0 saturated carbocycles. The first-order valence-electron chi connectivity index (χ1n) is 8.10. The van der Waals surface area contributed by atoms with Gasteiger partial charge in [0.05, 0.1) is 40.7 Å². The van der Waals surface area contributed by atoms with E-state index in [-0.39, 0.29) is 34.5 Å². The number of halogens is 1. The van der Waals surface area contributed by atoms with Crippen molar-refractivity contribution in [3.63, 3.8) is 0 Å². The molecule has 8 nitrogen and oxygen atoms in total. The number of piperazine rings is 1. The van der Waals surface area contributed by atoms with E-state index >= 15 is 0 Å². The highest BCUT2D eigenvalue weighted by Gasteiger charge is 2.41. The van der Waals surface area contributed by atoms with Crippen molar-refractivity contribution in [2.24, 2.45) is 0 Å². The highest BCUT2D eigenvalue weighted by atomic mass is 35.5. The Morgan fingerprint density at radius 3 is 2.35 bits per heavy atom. The molecule has 11 heteroatoms. The van der Waals surface area contributed by atoms with Gasteiger partial charge in [-0.3, -0.25) is 4.90 Å². The minimum atomic E-state index is -3.71. The van der Waals surface area contributed by atoms with Crippen molar-refractivity contribution in [1.29, 1.82) is 0 Å². The minimum absolute atomic E-state index is 0.0835. The lowest BCUT2D eigenvalue weighted by atomic mass is 10.1. The van der Waals surface area contributed by atoms with Gasteiger partial charge in [-0.1, -0.05) is 11.6 Å². The van der Waals surface area contributed by atoms with Crippen molar-refractivity contribution in [2.45, 2.75) is 17.0 Å². The van der Waals surface area contributed by atoms with Gasteiger partial charge in [-0.25, -0.2) is 16.8 Å². The molecule has 2 atom stereocenters. The van der Waals surface area contributed by atoms with Crippen LogP contribution >= 0.6 is 11.6 Å². The molecule has 1 aromatic rings. The molecule has 1 N–H and O–H groups in total. The van der Waals surface area contributed by atoms with Crippen LogP contribution in [0.15, 0.2) is 23.1 Å². The Kier molecular flexibility index (Phi) is 5.53. The molecule has 2 heterocycles. The van der Waals surface area contributed by atoms with Crippen LogP contribution in [0.3, 0.4) is 0 Å². The first kappa shape index (κ1) is 19.8. The monoisotopic (exact) mass is 424 g/mol. The molecule has 0 spiro atoms. The standard InChI is InChI=1S/C15H21ClN2O6S2/c1-24-15-3-2-11(8-12(15)16)26(22,23)18-6-4-17(5-7-18)13-9-25(20,21)10-14(13)19/h2-3,8,13-14,19H,4-7,9-10H2,1H3. The highest BCUT2D eigenvalue weighted by molar-refractivity contribution is 7.91. The van der Waals surface area contributed by atoms with E-state index in [1.807, 2.05) is 4.90 Å². The van der Waals surface area contributed by atoms with Crippen molar-refractivity contribution in [2.75, 3.05) is 44.8 Å². The van der Waals surface area contributed by atoms with Crippen molar-refractivity contribution in [1.82, 2.24) is 9.21 Å². The average Bonchev–Trinajstić information content (AvgIpc) is 2.87. The third-order valence-electron chi connectivity index (χ3n) is 4.80. The van der Waals surface area contributed by atoms with Crippen LogP contribution in [0.2, 0.25) is 5.02 Å². The number of hydrogen-bond donors (Lipinski definition) is 1. The van der Waals surface area contributed by atoms with Gasteiger partial charge >= 0.3 is 0 Å². The molecule has 3 rings (SSSR count). The third kappa shape index (κ3) is 3.85. The summed E-state index contributed by atoms with van der Waals surface area (Å²) >= 11 is 6.03. The molecule has 26 heavy (non-hydrogen) atoms.